The average Bonchev–Trinajstić information content (AvgIpc) is 3.45. The van der Waals surface area contributed by atoms with Crippen molar-refractivity contribution in [2.24, 2.45) is 0 Å². The van der Waals surface area contributed by atoms with Crippen molar-refractivity contribution in [3.05, 3.63) is 65.5 Å². The molecule has 0 aliphatic heterocycles. The number of anilines is 4. The highest BCUT2D eigenvalue weighted by Gasteiger charge is 2.35. The first-order valence-electron chi connectivity index (χ1n) is 12.5. The molecule has 1 aromatic carbocycles. The van der Waals surface area contributed by atoms with Crippen molar-refractivity contribution in [3.8, 4) is 0 Å². The van der Waals surface area contributed by atoms with E-state index in [0.717, 1.165) is 36.2 Å². The zero-order valence-corrected chi connectivity index (χ0v) is 23.1. The SMILES string of the molecule is CN(C(=O)c1ccc(Nc2ncc(C(F)(F)F)c(NCc3cccnc3N(C)S(C)(=O)=O)n2)cc1)C1CCCC1. The third kappa shape index (κ3) is 6.79. The lowest BCUT2D eigenvalue weighted by atomic mass is 10.1. The number of rotatable bonds is 9. The molecule has 2 heterocycles. The molecule has 1 amide bonds. The second kappa shape index (κ2) is 11.7. The Labute approximate surface area is 230 Å². The first kappa shape index (κ1) is 29.1. The number of hydrogen-bond donors (Lipinski definition) is 2. The van der Waals surface area contributed by atoms with Crippen LogP contribution in [0.15, 0.2) is 48.8 Å². The summed E-state index contributed by atoms with van der Waals surface area (Å²) in [6.45, 7) is -0.187. The summed E-state index contributed by atoms with van der Waals surface area (Å²) in [6.07, 6.45) is 2.50. The van der Waals surface area contributed by atoms with E-state index in [4.69, 9.17) is 0 Å². The van der Waals surface area contributed by atoms with E-state index < -0.39 is 27.6 Å². The number of halogens is 3. The Bertz CT molecular complexity index is 1460. The maximum atomic E-state index is 13.7. The fourth-order valence-electron chi connectivity index (χ4n) is 4.46. The van der Waals surface area contributed by atoms with Crippen LogP contribution in [-0.2, 0) is 22.7 Å². The quantitative estimate of drug-likeness (QED) is 0.377. The number of benzene rings is 1. The van der Waals surface area contributed by atoms with E-state index in [1.807, 2.05) is 0 Å². The third-order valence-electron chi connectivity index (χ3n) is 6.78. The summed E-state index contributed by atoms with van der Waals surface area (Å²) < 4.78 is 66.1. The normalized spacial score (nSPS) is 14.2. The highest BCUT2D eigenvalue weighted by Crippen LogP contribution is 2.34. The predicted octanol–water partition coefficient (Wildman–Crippen LogP) is 4.66. The van der Waals surface area contributed by atoms with E-state index in [1.165, 1.54) is 13.2 Å². The van der Waals surface area contributed by atoms with Gasteiger partial charge in [-0.2, -0.15) is 18.2 Å². The summed E-state index contributed by atoms with van der Waals surface area (Å²) in [5, 5.41) is 5.52. The molecule has 0 spiro atoms. The molecule has 1 aliphatic rings. The summed E-state index contributed by atoms with van der Waals surface area (Å²) in [4.78, 5) is 26.5. The number of hydrogen-bond acceptors (Lipinski definition) is 8. The van der Waals surface area contributed by atoms with Crippen LogP contribution in [0.1, 0.15) is 47.2 Å². The molecule has 0 radical (unpaired) electrons. The van der Waals surface area contributed by atoms with E-state index in [0.29, 0.717) is 23.0 Å². The van der Waals surface area contributed by atoms with Gasteiger partial charge in [0.2, 0.25) is 16.0 Å². The number of carbonyl (C=O) groups excluding carboxylic acids is 1. The fourth-order valence-corrected chi connectivity index (χ4v) is 4.94. The Morgan fingerprint density at radius 1 is 1.07 bits per heavy atom. The van der Waals surface area contributed by atoms with Gasteiger partial charge in [-0.05, 0) is 43.2 Å². The maximum absolute atomic E-state index is 13.7. The number of amides is 1. The Morgan fingerprint density at radius 3 is 2.38 bits per heavy atom. The summed E-state index contributed by atoms with van der Waals surface area (Å²) >= 11 is 0. The van der Waals surface area contributed by atoms with E-state index in [1.54, 1.807) is 48.3 Å². The van der Waals surface area contributed by atoms with Gasteiger partial charge in [0.15, 0.2) is 0 Å². The van der Waals surface area contributed by atoms with E-state index in [9.17, 15) is 26.4 Å². The molecule has 14 heteroatoms. The molecule has 214 valence electrons. The van der Waals surface area contributed by atoms with Gasteiger partial charge >= 0.3 is 6.18 Å². The Balaban J connectivity index is 1.52. The number of alkyl halides is 3. The smallest absolute Gasteiger partial charge is 0.365 e. The lowest BCUT2D eigenvalue weighted by molar-refractivity contribution is -0.137. The molecule has 1 fully saturated rings. The van der Waals surface area contributed by atoms with Gasteiger partial charge in [0.25, 0.3) is 5.91 Å². The van der Waals surface area contributed by atoms with Gasteiger partial charge in [0.1, 0.15) is 17.2 Å². The van der Waals surface area contributed by atoms with E-state index in [2.05, 4.69) is 25.6 Å². The van der Waals surface area contributed by atoms with Crippen LogP contribution in [-0.4, -0.2) is 60.6 Å². The van der Waals surface area contributed by atoms with Gasteiger partial charge in [-0.1, -0.05) is 18.9 Å². The predicted molar refractivity (Wildman–Crippen MR) is 146 cm³/mol. The maximum Gasteiger partial charge on any atom is 0.421 e. The second-order valence-corrected chi connectivity index (χ2v) is 11.6. The Kier molecular flexibility index (Phi) is 8.47. The monoisotopic (exact) mass is 577 g/mol. The summed E-state index contributed by atoms with van der Waals surface area (Å²) in [5.74, 6) is -0.609. The molecule has 4 rings (SSSR count). The van der Waals surface area contributed by atoms with Crippen LogP contribution >= 0.6 is 0 Å². The zero-order chi connectivity index (χ0) is 29.1. The largest absolute Gasteiger partial charge is 0.421 e. The minimum Gasteiger partial charge on any atom is -0.365 e. The second-order valence-electron chi connectivity index (χ2n) is 9.58. The van der Waals surface area contributed by atoms with Crippen molar-refractivity contribution in [1.29, 1.82) is 0 Å². The van der Waals surface area contributed by atoms with Crippen molar-refractivity contribution in [1.82, 2.24) is 19.9 Å². The molecular formula is C26H30F3N7O3S. The van der Waals surface area contributed by atoms with Crippen LogP contribution in [0.5, 0.6) is 0 Å². The number of carbonyl (C=O) groups is 1. The Morgan fingerprint density at radius 2 is 1.75 bits per heavy atom. The number of aromatic nitrogens is 3. The van der Waals surface area contributed by atoms with Gasteiger partial charge in [-0.3, -0.25) is 9.10 Å². The summed E-state index contributed by atoms with van der Waals surface area (Å²) in [7, 11) is -0.548. The van der Waals surface area contributed by atoms with Crippen LogP contribution in [0, 0.1) is 0 Å². The number of sulfonamides is 1. The van der Waals surface area contributed by atoms with E-state index in [-0.39, 0.29) is 30.3 Å². The van der Waals surface area contributed by atoms with Crippen LogP contribution < -0.4 is 14.9 Å². The van der Waals surface area contributed by atoms with Crippen LogP contribution in [0.25, 0.3) is 0 Å². The van der Waals surface area contributed by atoms with Crippen LogP contribution in [0.2, 0.25) is 0 Å². The van der Waals surface area contributed by atoms with Gasteiger partial charge in [0, 0.05) is 55.9 Å². The number of nitrogens with zero attached hydrogens (tertiary/aromatic N) is 5. The fraction of sp³-hybridized carbons (Fsp3) is 0.385. The minimum absolute atomic E-state index is 0.0756. The van der Waals surface area contributed by atoms with Gasteiger partial charge in [-0.15, -0.1) is 0 Å². The van der Waals surface area contributed by atoms with Crippen molar-refractivity contribution in [2.75, 3.05) is 35.3 Å². The molecule has 0 saturated heterocycles. The highest BCUT2D eigenvalue weighted by molar-refractivity contribution is 7.92. The van der Waals surface area contributed by atoms with Gasteiger partial charge < -0.3 is 15.5 Å². The lowest BCUT2D eigenvalue weighted by Gasteiger charge is -2.24. The summed E-state index contributed by atoms with van der Waals surface area (Å²) in [6, 6.07) is 9.88. The molecule has 10 nitrogen and oxygen atoms in total. The molecule has 2 N–H and O–H groups in total. The van der Waals surface area contributed by atoms with Crippen molar-refractivity contribution < 1.29 is 26.4 Å². The van der Waals surface area contributed by atoms with Crippen LogP contribution in [0.3, 0.4) is 0 Å². The average molecular weight is 578 g/mol. The van der Waals surface area contributed by atoms with Crippen molar-refractivity contribution >= 4 is 39.2 Å². The number of nitrogens with one attached hydrogen (secondary N) is 2. The summed E-state index contributed by atoms with van der Waals surface area (Å²) in [5.41, 5.74) is 0.243. The third-order valence-corrected chi connectivity index (χ3v) is 7.95. The molecular weight excluding hydrogens is 547 g/mol. The first-order chi connectivity index (χ1) is 18.8. The molecule has 3 aromatic rings. The van der Waals surface area contributed by atoms with Crippen molar-refractivity contribution in [3.63, 3.8) is 0 Å². The van der Waals surface area contributed by atoms with Gasteiger partial charge in [-0.25, -0.2) is 18.4 Å². The molecule has 0 unspecified atom stereocenters. The Hall–Kier alpha value is -3.94. The van der Waals surface area contributed by atoms with E-state index >= 15 is 0 Å². The molecule has 2 aromatic heterocycles. The molecule has 0 bridgehead atoms. The standard InChI is InChI=1S/C26H30F3N7O3S/c1-35(20-8-4-5-9-20)24(37)17-10-12-19(13-11-17)33-25-32-16-21(26(27,28)29)22(34-25)31-15-18-7-6-14-30-23(18)36(2)40(3,38)39/h6-7,10-14,16,20H,4-5,8-9,15H2,1-3H3,(H2,31,32,33,34). The number of pyridine rings is 1. The first-order valence-corrected chi connectivity index (χ1v) is 14.4. The zero-order valence-electron chi connectivity index (χ0n) is 22.2. The topological polar surface area (TPSA) is 120 Å². The van der Waals surface area contributed by atoms with Crippen molar-refractivity contribution in [2.45, 2.75) is 44.4 Å². The highest BCUT2D eigenvalue weighted by atomic mass is 32.2. The van der Waals surface area contributed by atoms with Gasteiger partial charge in [0.05, 0.1) is 6.26 Å². The van der Waals surface area contributed by atoms with Crippen LogP contribution in [0.4, 0.5) is 36.4 Å². The molecule has 1 aliphatic carbocycles. The lowest BCUT2D eigenvalue weighted by Crippen LogP contribution is -2.35. The molecule has 1 saturated carbocycles. The molecule has 0 atom stereocenters. The molecule has 40 heavy (non-hydrogen) atoms. The minimum atomic E-state index is -4.74.